The Kier molecular flexibility index (Phi) is 4.45. The Labute approximate surface area is 116 Å². The van der Waals surface area contributed by atoms with Crippen molar-refractivity contribution in [3.05, 3.63) is 5.82 Å². The van der Waals surface area contributed by atoms with E-state index in [-0.39, 0.29) is 5.41 Å². The van der Waals surface area contributed by atoms with Crippen molar-refractivity contribution >= 4 is 5.95 Å². The molecule has 1 aliphatic heterocycles. The molecule has 1 aromatic rings. The molecular formula is C14H27N5. The second-order valence-electron chi connectivity index (χ2n) is 6.23. The largest absolute Gasteiger partial charge is 0.339 e. The van der Waals surface area contributed by atoms with Gasteiger partial charge in [0.25, 0.3) is 0 Å². The molecule has 1 fully saturated rings. The molecule has 0 bridgehead atoms. The Morgan fingerprint density at radius 1 is 1.47 bits per heavy atom. The highest BCUT2D eigenvalue weighted by atomic mass is 15.4. The van der Waals surface area contributed by atoms with Crippen LogP contribution in [0.1, 0.15) is 45.9 Å². The van der Waals surface area contributed by atoms with Crippen LogP contribution in [0, 0.1) is 5.92 Å². The fourth-order valence-electron chi connectivity index (χ4n) is 2.57. The molecule has 5 heteroatoms. The zero-order chi connectivity index (χ0) is 13.9. The van der Waals surface area contributed by atoms with Crippen LogP contribution >= 0.6 is 0 Å². The molecule has 1 aromatic heterocycles. The summed E-state index contributed by atoms with van der Waals surface area (Å²) in [5.41, 5.74) is 0.0748. The number of nitrogens with zero attached hydrogens (tertiary/aromatic N) is 3. The Morgan fingerprint density at radius 2 is 2.26 bits per heavy atom. The molecule has 0 aliphatic carbocycles. The van der Waals surface area contributed by atoms with Crippen molar-refractivity contribution in [3.63, 3.8) is 0 Å². The van der Waals surface area contributed by atoms with Gasteiger partial charge in [0.05, 0.1) is 0 Å². The van der Waals surface area contributed by atoms with E-state index >= 15 is 0 Å². The van der Waals surface area contributed by atoms with Crippen molar-refractivity contribution in [2.24, 2.45) is 5.92 Å². The first-order chi connectivity index (χ1) is 9.06. The third kappa shape index (κ3) is 3.26. The standard InChI is InChI=1S/C14H27N5/c1-5-14(2,3)12-16-13(18-17-12)19-8-6-7-11(10-19)9-15-4/h11,15H,5-10H2,1-4H3,(H,16,17,18). The summed E-state index contributed by atoms with van der Waals surface area (Å²) >= 11 is 0. The molecule has 0 radical (unpaired) electrons. The maximum atomic E-state index is 4.71. The molecule has 108 valence electrons. The molecule has 0 saturated carbocycles. The van der Waals surface area contributed by atoms with Crippen LogP contribution in [0.5, 0.6) is 0 Å². The second kappa shape index (κ2) is 5.90. The number of hydrogen-bond donors (Lipinski definition) is 2. The number of nitrogens with one attached hydrogen (secondary N) is 2. The smallest absolute Gasteiger partial charge is 0.244 e. The maximum Gasteiger partial charge on any atom is 0.244 e. The van der Waals surface area contributed by atoms with Gasteiger partial charge in [-0.15, -0.1) is 5.10 Å². The minimum Gasteiger partial charge on any atom is -0.339 e. The van der Waals surface area contributed by atoms with E-state index in [9.17, 15) is 0 Å². The van der Waals surface area contributed by atoms with E-state index in [1.165, 1.54) is 12.8 Å². The molecule has 2 heterocycles. The Bertz CT molecular complexity index is 396. The van der Waals surface area contributed by atoms with Crippen LogP contribution in [0.2, 0.25) is 0 Å². The van der Waals surface area contributed by atoms with Gasteiger partial charge in [0, 0.05) is 18.5 Å². The molecule has 1 aliphatic rings. The number of anilines is 1. The molecule has 0 aromatic carbocycles. The summed E-state index contributed by atoms with van der Waals surface area (Å²) in [6.45, 7) is 9.81. The first-order valence-corrected chi connectivity index (χ1v) is 7.39. The fourth-order valence-corrected chi connectivity index (χ4v) is 2.57. The highest BCUT2D eigenvalue weighted by Crippen LogP contribution is 2.26. The lowest BCUT2D eigenvalue weighted by atomic mass is 9.90. The van der Waals surface area contributed by atoms with Gasteiger partial charge >= 0.3 is 0 Å². The van der Waals surface area contributed by atoms with Crippen LogP contribution in [0.25, 0.3) is 0 Å². The first-order valence-electron chi connectivity index (χ1n) is 7.39. The lowest BCUT2D eigenvalue weighted by Crippen LogP contribution is -2.39. The number of hydrogen-bond acceptors (Lipinski definition) is 4. The summed E-state index contributed by atoms with van der Waals surface area (Å²) in [5.74, 6) is 2.58. The van der Waals surface area contributed by atoms with Crippen molar-refractivity contribution in [1.82, 2.24) is 20.5 Å². The third-order valence-electron chi connectivity index (χ3n) is 4.29. The monoisotopic (exact) mass is 265 g/mol. The van der Waals surface area contributed by atoms with Gasteiger partial charge in [-0.3, -0.25) is 5.10 Å². The molecule has 1 saturated heterocycles. The number of H-pyrrole nitrogens is 1. The van der Waals surface area contributed by atoms with Crippen LogP contribution in [-0.2, 0) is 5.41 Å². The van der Waals surface area contributed by atoms with E-state index in [1.54, 1.807) is 0 Å². The maximum absolute atomic E-state index is 4.71. The van der Waals surface area contributed by atoms with Crippen LogP contribution in [0.4, 0.5) is 5.95 Å². The van der Waals surface area contributed by atoms with Crippen LogP contribution in [0.15, 0.2) is 0 Å². The summed E-state index contributed by atoms with van der Waals surface area (Å²) in [6, 6.07) is 0. The predicted octanol–water partition coefficient (Wildman–Crippen LogP) is 1.93. The zero-order valence-corrected chi connectivity index (χ0v) is 12.7. The van der Waals surface area contributed by atoms with E-state index in [0.29, 0.717) is 5.92 Å². The highest BCUT2D eigenvalue weighted by Gasteiger charge is 2.26. The molecule has 2 rings (SSSR count). The lowest BCUT2D eigenvalue weighted by Gasteiger charge is -2.31. The van der Waals surface area contributed by atoms with E-state index in [2.05, 4.69) is 41.2 Å². The highest BCUT2D eigenvalue weighted by molar-refractivity contribution is 5.30. The van der Waals surface area contributed by atoms with Gasteiger partial charge in [-0.2, -0.15) is 4.98 Å². The Hall–Kier alpha value is -1.10. The van der Waals surface area contributed by atoms with Crippen molar-refractivity contribution in [3.8, 4) is 0 Å². The van der Waals surface area contributed by atoms with Gasteiger partial charge in [0.15, 0.2) is 0 Å². The molecule has 5 nitrogen and oxygen atoms in total. The minimum absolute atomic E-state index is 0.0748. The molecule has 19 heavy (non-hydrogen) atoms. The first kappa shape index (κ1) is 14.3. The summed E-state index contributed by atoms with van der Waals surface area (Å²) in [7, 11) is 2.02. The van der Waals surface area contributed by atoms with Gasteiger partial charge in [-0.05, 0) is 38.8 Å². The molecule has 0 amide bonds. The number of rotatable bonds is 5. The van der Waals surface area contributed by atoms with Crippen LogP contribution in [0.3, 0.4) is 0 Å². The predicted molar refractivity (Wildman–Crippen MR) is 78.6 cm³/mol. The zero-order valence-electron chi connectivity index (χ0n) is 12.7. The summed E-state index contributed by atoms with van der Waals surface area (Å²) < 4.78 is 0. The average Bonchev–Trinajstić information content (AvgIpc) is 2.90. The van der Waals surface area contributed by atoms with E-state index < -0.39 is 0 Å². The van der Waals surface area contributed by atoms with Crippen LogP contribution < -0.4 is 10.2 Å². The van der Waals surface area contributed by atoms with Gasteiger partial charge in [0.1, 0.15) is 5.82 Å². The Morgan fingerprint density at radius 3 is 2.95 bits per heavy atom. The van der Waals surface area contributed by atoms with E-state index in [1.807, 2.05) is 7.05 Å². The molecule has 1 unspecified atom stereocenters. The summed E-state index contributed by atoms with van der Waals surface area (Å²) in [4.78, 5) is 7.03. The van der Waals surface area contributed by atoms with Crippen molar-refractivity contribution < 1.29 is 0 Å². The summed E-state index contributed by atoms with van der Waals surface area (Å²) in [5, 5.41) is 10.8. The lowest BCUT2D eigenvalue weighted by molar-refractivity contribution is 0.399. The minimum atomic E-state index is 0.0748. The third-order valence-corrected chi connectivity index (χ3v) is 4.29. The molecule has 0 spiro atoms. The quantitative estimate of drug-likeness (QED) is 0.854. The molecular weight excluding hydrogens is 238 g/mol. The van der Waals surface area contributed by atoms with Crippen LogP contribution in [-0.4, -0.2) is 41.9 Å². The second-order valence-corrected chi connectivity index (χ2v) is 6.23. The Balaban J connectivity index is 2.06. The fraction of sp³-hybridized carbons (Fsp3) is 0.857. The van der Waals surface area contributed by atoms with E-state index in [0.717, 1.165) is 37.8 Å². The average molecular weight is 265 g/mol. The normalized spacial score (nSPS) is 20.8. The van der Waals surface area contributed by atoms with Crippen molar-refractivity contribution in [2.75, 3.05) is 31.6 Å². The van der Waals surface area contributed by atoms with E-state index in [4.69, 9.17) is 4.98 Å². The molecule has 2 N–H and O–H groups in total. The summed E-state index contributed by atoms with van der Waals surface area (Å²) in [6.07, 6.45) is 3.59. The van der Waals surface area contributed by atoms with Crippen molar-refractivity contribution in [2.45, 2.75) is 45.4 Å². The van der Waals surface area contributed by atoms with Gasteiger partial charge in [-0.25, -0.2) is 0 Å². The molecule has 1 atom stereocenters. The number of piperidine rings is 1. The van der Waals surface area contributed by atoms with Gasteiger partial charge in [-0.1, -0.05) is 20.8 Å². The number of aromatic nitrogens is 3. The van der Waals surface area contributed by atoms with Gasteiger partial charge in [0.2, 0.25) is 5.95 Å². The van der Waals surface area contributed by atoms with Gasteiger partial charge < -0.3 is 10.2 Å². The topological polar surface area (TPSA) is 56.8 Å². The van der Waals surface area contributed by atoms with Crippen molar-refractivity contribution in [1.29, 1.82) is 0 Å². The number of aromatic amines is 1. The SMILES string of the molecule is CCC(C)(C)c1nc(N2CCCC(CNC)C2)n[nH]1.